The predicted octanol–water partition coefficient (Wildman–Crippen LogP) is 0.125. The second-order valence-corrected chi connectivity index (χ2v) is 8.61. The predicted molar refractivity (Wildman–Crippen MR) is 72.7 cm³/mol. The van der Waals surface area contributed by atoms with Crippen molar-refractivity contribution < 1.29 is 28.7 Å². The Balaban J connectivity index is 2.50. The van der Waals surface area contributed by atoms with Crippen LogP contribution in [0.5, 0.6) is 0 Å². The van der Waals surface area contributed by atoms with E-state index >= 15 is 0 Å². The molecule has 0 bridgehead atoms. The van der Waals surface area contributed by atoms with Crippen molar-refractivity contribution in [3.63, 3.8) is 0 Å². The van der Waals surface area contributed by atoms with Crippen molar-refractivity contribution in [3.05, 3.63) is 17.7 Å². The molecule has 0 radical (unpaired) electrons. The van der Waals surface area contributed by atoms with E-state index in [-0.39, 0.29) is 11.3 Å². The summed E-state index contributed by atoms with van der Waals surface area (Å²) in [5.41, 5.74) is 1.70. The molecule has 0 aliphatic heterocycles. The first-order valence-corrected chi connectivity index (χ1v) is 9.13. The van der Waals surface area contributed by atoms with Gasteiger partial charge in [-0.2, -0.15) is 0 Å². The number of nitrogens with zero attached hydrogens (tertiary/aromatic N) is 4. The van der Waals surface area contributed by atoms with Crippen LogP contribution in [0.15, 0.2) is 6.33 Å². The highest BCUT2D eigenvalue weighted by Gasteiger charge is 2.43. The lowest BCUT2D eigenvalue weighted by Gasteiger charge is -2.19. The van der Waals surface area contributed by atoms with Crippen molar-refractivity contribution in [2.45, 2.75) is 25.8 Å². The minimum atomic E-state index is -5.00. The molecule has 0 aliphatic carbocycles. The van der Waals surface area contributed by atoms with Gasteiger partial charge in [-0.05, 0) is 13.8 Å². The van der Waals surface area contributed by atoms with E-state index in [1.54, 1.807) is 13.8 Å². The molecule has 2 aromatic heterocycles. The molecule has 0 saturated carbocycles. The molecule has 21 heavy (non-hydrogen) atoms. The molecule has 0 fully saturated rings. The number of imidazole rings is 1. The monoisotopic (exact) mass is 336 g/mol. The van der Waals surface area contributed by atoms with Gasteiger partial charge in [0.2, 0.25) is 0 Å². The van der Waals surface area contributed by atoms with E-state index < -0.39 is 27.1 Å². The fourth-order valence-corrected chi connectivity index (χ4v) is 4.10. The van der Waals surface area contributed by atoms with Crippen molar-refractivity contribution in [3.8, 4) is 0 Å². The summed E-state index contributed by atoms with van der Waals surface area (Å²) in [6.45, 7) is 2.82. The fourth-order valence-electron chi connectivity index (χ4n) is 1.76. The van der Waals surface area contributed by atoms with Gasteiger partial charge >= 0.3 is 15.2 Å². The number of aryl methyl sites for hydroxylation is 2. The van der Waals surface area contributed by atoms with Crippen LogP contribution in [0.3, 0.4) is 0 Å². The van der Waals surface area contributed by atoms with Gasteiger partial charge in [-0.25, -0.2) is 15.0 Å². The highest BCUT2D eigenvalue weighted by Crippen LogP contribution is 2.60. The van der Waals surface area contributed by atoms with Crippen molar-refractivity contribution in [1.29, 1.82) is 0 Å². The van der Waals surface area contributed by atoms with Crippen LogP contribution in [0, 0.1) is 13.8 Å². The molecule has 4 N–H and O–H groups in total. The van der Waals surface area contributed by atoms with Crippen LogP contribution >= 0.6 is 15.2 Å². The summed E-state index contributed by atoms with van der Waals surface area (Å²) in [4.78, 5) is 48.8. The van der Waals surface area contributed by atoms with Crippen molar-refractivity contribution in [1.82, 2.24) is 19.5 Å². The molecule has 0 aliphatic rings. The average molecular weight is 336 g/mol. The molecular weight excluding hydrogens is 322 g/mol. The Morgan fingerprint density at radius 3 is 2.14 bits per heavy atom. The molecule has 12 heteroatoms. The molecule has 2 heterocycles. The third kappa shape index (κ3) is 3.37. The third-order valence-electron chi connectivity index (χ3n) is 3.00. The molecule has 10 nitrogen and oxygen atoms in total. The maximum atomic E-state index is 11.3. The van der Waals surface area contributed by atoms with Gasteiger partial charge in [-0.3, -0.25) is 9.13 Å². The maximum absolute atomic E-state index is 11.3. The summed E-state index contributed by atoms with van der Waals surface area (Å²) < 4.78 is 23.8. The quantitative estimate of drug-likeness (QED) is 0.569. The van der Waals surface area contributed by atoms with E-state index in [1.165, 1.54) is 10.9 Å². The number of hydrogen-bond acceptors (Lipinski definition) is 5. The number of fused-ring (bicyclic) bond motifs is 1. The molecule has 2 aromatic rings. The second-order valence-electron chi connectivity index (χ2n) is 4.60. The number of aromatic nitrogens is 4. The zero-order valence-electron chi connectivity index (χ0n) is 11.2. The van der Waals surface area contributed by atoms with E-state index in [2.05, 4.69) is 15.0 Å². The zero-order valence-corrected chi connectivity index (χ0v) is 12.9. The minimum absolute atomic E-state index is 0.213. The van der Waals surface area contributed by atoms with E-state index in [9.17, 15) is 9.13 Å². The largest absolute Gasteiger partial charge is 0.342 e. The molecule has 0 saturated heterocycles. The molecular formula is C9H14N4O6P2. The van der Waals surface area contributed by atoms with E-state index in [1.807, 2.05) is 0 Å². The summed E-state index contributed by atoms with van der Waals surface area (Å²) in [6.07, 6.45) is 1.20. The van der Waals surface area contributed by atoms with E-state index in [0.29, 0.717) is 11.4 Å². The van der Waals surface area contributed by atoms with E-state index in [0.717, 1.165) is 0 Å². The summed E-state index contributed by atoms with van der Waals surface area (Å²) in [6, 6.07) is 0. The van der Waals surface area contributed by atoms with Gasteiger partial charge in [0.15, 0.2) is 16.7 Å². The Bertz CT molecular complexity index is 756. The maximum Gasteiger partial charge on any atom is 0.342 e. The first-order valence-electron chi connectivity index (χ1n) is 5.76. The molecule has 116 valence electrons. The molecule has 0 aromatic carbocycles. The van der Waals surface area contributed by atoms with Crippen molar-refractivity contribution in [2.75, 3.05) is 0 Å². The van der Waals surface area contributed by atoms with Crippen LogP contribution in [-0.4, -0.2) is 44.5 Å². The van der Waals surface area contributed by atoms with Gasteiger partial charge in [-0.15, -0.1) is 0 Å². The summed E-state index contributed by atoms with van der Waals surface area (Å²) in [5.74, 6) is 0. The van der Waals surface area contributed by atoms with Crippen molar-refractivity contribution >= 4 is 26.5 Å². The standard InChI is InChI=1S/C9H14N4O6P2/c1-5-6(2)12-9-8(11-5)10-4-13(9)3-7(20(14,15)16)21(17,18)19/h4,7H,3H2,1-2H3,(H2,14,15,16)(H2,17,18,19). The Hall–Kier alpha value is -1.15. The van der Waals surface area contributed by atoms with E-state index in [4.69, 9.17) is 19.6 Å². The SMILES string of the molecule is Cc1nc2ncn(CC(P(=O)(O)O)P(=O)(O)O)c2nc1C. The van der Waals surface area contributed by atoms with Crippen molar-refractivity contribution in [2.24, 2.45) is 0 Å². The molecule has 2 rings (SSSR count). The minimum Gasteiger partial charge on any atom is -0.324 e. The number of hydrogen-bond donors (Lipinski definition) is 4. The first-order chi connectivity index (χ1) is 9.50. The summed E-state index contributed by atoms with van der Waals surface area (Å²) >= 11 is 0. The van der Waals surface area contributed by atoms with Crippen LogP contribution in [0.25, 0.3) is 11.3 Å². The topological polar surface area (TPSA) is 159 Å². The Morgan fingerprint density at radius 1 is 1.10 bits per heavy atom. The molecule has 0 unspecified atom stereocenters. The highest BCUT2D eigenvalue weighted by atomic mass is 31.2. The Labute approximate surface area is 119 Å². The Morgan fingerprint density at radius 2 is 1.62 bits per heavy atom. The lowest BCUT2D eigenvalue weighted by Crippen LogP contribution is -2.17. The molecule has 0 atom stereocenters. The van der Waals surface area contributed by atoms with Crippen LogP contribution in [0.2, 0.25) is 0 Å². The average Bonchev–Trinajstić information content (AvgIpc) is 2.66. The summed E-state index contributed by atoms with van der Waals surface area (Å²) in [7, 11) is -10.00. The van der Waals surface area contributed by atoms with Gasteiger partial charge in [0.1, 0.15) is 0 Å². The second kappa shape index (κ2) is 5.24. The highest BCUT2D eigenvalue weighted by molar-refractivity contribution is 7.70. The zero-order chi connectivity index (χ0) is 16.0. The lowest BCUT2D eigenvalue weighted by atomic mass is 10.3. The lowest BCUT2D eigenvalue weighted by molar-refractivity contribution is 0.332. The fraction of sp³-hybridized carbons (Fsp3) is 0.444. The van der Waals surface area contributed by atoms with Gasteiger partial charge in [-0.1, -0.05) is 0 Å². The van der Waals surface area contributed by atoms with Crippen LogP contribution in [-0.2, 0) is 15.7 Å². The van der Waals surface area contributed by atoms with Crippen LogP contribution < -0.4 is 0 Å². The third-order valence-corrected chi connectivity index (χ3v) is 6.68. The smallest absolute Gasteiger partial charge is 0.324 e. The molecule has 0 spiro atoms. The summed E-state index contributed by atoms with van der Waals surface area (Å²) in [5, 5.41) is -2.15. The first kappa shape index (κ1) is 16.2. The Kier molecular flexibility index (Phi) is 4.05. The van der Waals surface area contributed by atoms with Gasteiger partial charge in [0.25, 0.3) is 0 Å². The van der Waals surface area contributed by atoms with Crippen LogP contribution in [0.1, 0.15) is 11.4 Å². The van der Waals surface area contributed by atoms with Gasteiger partial charge < -0.3 is 24.1 Å². The molecule has 0 amide bonds. The number of rotatable bonds is 4. The van der Waals surface area contributed by atoms with Gasteiger partial charge in [0, 0.05) is 0 Å². The van der Waals surface area contributed by atoms with Crippen LogP contribution in [0.4, 0.5) is 0 Å². The van der Waals surface area contributed by atoms with Gasteiger partial charge in [0.05, 0.1) is 24.3 Å². The normalized spacial score (nSPS) is 13.3.